The topological polar surface area (TPSA) is 47.3 Å². The largest absolute Gasteiger partial charge is 0.374 e. The molecule has 76 valence electrons. The molecule has 3 N–H and O–H groups in total. The Hall–Kier alpha value is -0.120. The normalized spacial score (nSPS) is 44.8. The van der Waals surface area contributed by atoms with Gasteiger partial charge in [-0.3, -0.25) is 0 Å². The van der Waals surface area contributed by atoms with Gasteiger partial charge in [0.1, 0.15) is 0 Å². The minimum atomic E-state index is 0.0969. The molecule has 3 heteroatoms. The van der Waals surface area contributed by atoms with Gasteiger partial charge in [-0.2, -0.15) is 0 Å². The number of rotatable bonds is 3. The highest BCUT2D eigenvalue weighted by molar-refractivity contribution is 4.91. The van der Waals surface area contributed by atoms with Gasteiger partial charge in [0.05, 0.1) is 5.60 Å². The van der Waals surface area contributed by atoms with Crippen molar-refractivity contribution in [2.75, 3.05) is 13.2 Å². The zero-order valence-electron chi connectivity index (χ0n) is 8.38. The molecule has 1 atom stereocenters. The van der Waals surface area contributed by atoms with Gasteiger partial charge >= 0.3 is 0 Å². The molecule has 0 radical (unpaired) electrons. The summed E-state index contributed by atoms with van der Waals surface area (Å²) in [5.74, 6) is 0. The van der Waals surface area contributed by atoms with Gasteiger partial charge in [-0.15, -0.1) is 0 Å². The number of nitrogens with two attached hydrogens (primary N) is 1. The monoisotopic (exact) mass is 184 g/mol. The Labute approximate surface area is 80.0 Å². The molecule has 0 amide bonds. The van der Waals surface area contributed by atoms with E-state index in [0.717, 1.165) is 26.0 Å². The van der Waals surface area contributed by atoms with Crippen molar-refractivity contribution in [3.63, 3.8) is 0 Å². The first-order valence-corrected chi connectivity index (χ1v) is 5.31. The first-order valence-electron chi connectivity index (χ1n) is 5.31. The van der Waals surface area contributed by atoms with E-state index in [-0.39, 0.29) is 5.60 Å². The van der Waals surface area contributed by atoms with Gasteiger partial charge in [-0.1, -0.05) is 0 Å². The fourth-order valence-corrected chi connectivity index (χ4v) is 2.17. The molecule has 13 heavy (non-hydrogen) atoms. The molecule has 0 aromatic heterocycles. The zero-order valence-corrected chi connectivity index (χ0v) is 8.38. The Morgan fingerprint density at radius 3 is 2.85 bits per heavy atom. The first kappa shape index (κ1) is 9.44. The molecule has 1 saturated carbocycles. The van der Waals surface area contributed by atoms with Crippen LogP contribution in [0.15, 0.2) is 0 Å². The van der Waals surface area contributed by atoms with E-state index in [1.165, 1.54) is 12.8 Å². The fraction of sp³-hybridized carbons (Fsp3) is 1.00. The molecule has 1 heterocycles. The lowest BCUT2D eigenvalue weighted by molar-refractivity contribution is 0.0159. The Morgan fingerprint density at radius 1 is 1.54 bits per heavy atom. The van der Waals surface area contributed by atoms with Crippen LogP contribution in [0.5, 0.6) is 0 Å². The van der Waals surface area contributed by atoms with Crippen LogP contribution in [0.2, 0.25) is 0 Å². The van der Waals surface area contributed by atoms with E-state index in [4.69, 9.17) is 10.5 Å². The van der Waals surface area contributed by atoms with Gasteiger partial charge < -0.3 is 15.8 Å². The van der Waals surface area contributed by atoms with Crippen LogP contribution in [-0.2, 0) is 4.74 Å². The van der Waals surface area contributed by atoms with Crippen LogP contribution >= 0.6 is 0 Å². The van der Waals surface area contributed by atoms with Gasteiger partial charge in [0, 0.05) is 25.2 Å². The van der Waals surface area contributed by atoms with Crippen LogP contribution in [0.4, 0.5) is 0 Å². The summed E-state index contributed by atoms with van der Waals surface area (Å²) >= 11 is 0. The third-order valence-electron chi connectivity index (χ3n) is 3.24. The molecular weight excluding hydrogens is 164 g/mol. The summed E-state index contributed by atoms with van der Waals surface area (Å²) in [6.07, 6.45) is 4.67. The quantitative estimate of drug-likeness (QED) is 0.676. The summed E-state index contributed by atoms with van der Waals surface area (Å²) in [5, 5.41) is 3.53. The standard InChI is InChI=1S/C10H20N2O/c1-10(3-2-4-13-10)7-12-9-5-8(11)6-9/h8-9,12H,2-7,11H2,1H3. The Kier molecular flexibility index (Phi) is 2.58. The molecule has 1 unspecified atom stereocenters. The number of nitrogens with one attached hydrogen (secondary N) is 1. The number of hydrogen-bond donors (Lipinski definition) is 2. The van der Waals surface area contributed by atoms with Crippen molar-refractivity contribution < 1.29 is 4.74 Å². The second kappa shape index (κ2) is 3.56. The van der Waals surface area contributed by atoms with Gasteiger partial charge in [0.2, 0.25) is 0 Å². The zero-order chi connectivity index (χ0) is 9.31. The van der Waals surface area contributed by atoms with Gasteiger partial charge in [-0.05, 0) is 32.6 Å². The maximum absolute atomic E-state index is 5.71. The van der Waals surface area contributed by atoms with Crippen LogP contribution < -0.4 is 11.1 Å². The summed E-state index contributed by atoms with van der Waals surface area (Å²) in [4.78, 5) is 0. The predicted octanol–water partition coefficient (Wildman–Crippen LogP) is 0.635. The van der Waals surface area contributed by atoms with Crippen LogP contribution in [0.1, 0.15) is 32.6 Å². The van der Waals surface area contributed by atoms with Crippen LogP contribution in [0.25, 0.3) is 0 Å². The summed E-state index contributed by atoms with van der Waals surface area (Å²) in [7, 11) is 0. The summed E-state index contributed by atoms with van der Waals surface area (Å²) in [6, 6.07) is 1.09. The van der Waals surface area contributed by atoms with Crippen molar-refractivity contribution in [3.05, 3.63) is 0 Å². The van der Waals surface area contributed by atoms with Gasteiger partial charge in [0.15, 0.2) is 0 Å². The lowest BCUT2D eigenvalue weighted by Gasteiger charge is -2.36. The highest BCUT2D eigenvalue weighted by Gasteiger charge is 2.32. The molecule has 2 fully saturated rings. The van der Waals surface area contributed by atoms with E-state index in [1.54, 1.807) is 0 Å². The van der Waals surface area contributed by atoms with Gasteiger partial charge in [0.25, 0.3) is 0 Å². The van der Waals surface area contributed by atoms with E-state index in [2.05, 4.69) is 12.2 Å². The molecule has 0 aromatic rings. The van der Waals surface area contributed by atoms with E-state index in [1.807, 2.05) is 0 Å². The van der Waals surface area contributed by atoms with Crippen LogP contribution in [-0.4, -0.2) is 30.8 Å². The molecule has 1 aliphatic carbocycles. The van der Waals surface area contributed by atoms with Crippen molar-refractivity contribution in [2.24, 2.45) is 5.73 Å². The summed E-state index contributed by atoms with van der Waals surface area (Å²) in [6.45, 7) is 4.12. The van der Waals surface area contributed by atoms with E-state index in [9.17, 15) is 0 Å². The fourth-order valence-electron chi connectivity index (χ4n) is 2.17. The van der Waals surface area contributed by atoms with Crippen molar-refractivity contribution in [3.8, 4) is 0 Å². The average Bonchev–Trinajstić information content (AvgIpc) is 2.45. The van der Waals surface area contributed by atoms with E-state index in [0.29, 0.717) is 12.1 Å². The number of ether oxygens (including phenoxy) is 1. The van der Waals surface area contributed by atoms with Crippen LogP contribution in [0, 0.1) is 0 Å². The minimum Gasteiger partial charge on any atom is -0.374 e. The Balaban J connectivity index is 1.67. The maximum Gasteiger partial charge on any atom is 0.0779 e. The van der Waals surface area contributed by atoms with E-state index >= 15 is 0 Å². The van der Waals surface area contributed by atoms with Crippen LogP contribution in [0.3, 0.4) is 0 Å². The molecule has 0 aromatic carbocycles. The highest BCUT2D eigenvalue weighted by Crippen LogP contribution is 2.25. The smallest absolute Gasteiger partial charge is 0.0779 e. The molecule has 0 bridgehead atoms. The van der Waals surface area contributed by atoms with Crippen molar-refractivity contribution in [1.29, 1.82) is 0 Å². The van der Waals surface area contributed by atoms with Crippen molar-refractivity contribution >= 4 is 0 Å². The second-order valence-electron chi connectivity index (χ2n) is 4.71. The molecule has 2 rings (SSSR count). The summed E-state index contributed by atoms with van der Waals surface area (Å²) < 4.78 is 5.69. The molecular formula is C10H20N2O. The molecule has 1 saturated heterocycles. The molecule has 2 aliphatic rings. The summed E-state index contributed by atoms with van der Waals surface area (Å²) in [5.41, 5.74) is 5.81. The van der Waals surface area contributed by atoms with Crippen molar-refractivity contribution in [2.45, 2.75) is 50.3 Å². The molecule has 0 spiro atoms. The van der Waals surface area contributed by atoms with Gasteiger partial charge in [-0.25, -0.2) is 0 Å². The number of hydrogen-bond acceptors (Lipinski definition) is 3. The molecule has 3 nitrogen and oxygen atoms in total. The second-order valence-corrected chi connectivity index (χ2v) is 4.71. The minimum absolute atomic E-state index is 0.0969. The third kappa shape index (κ3) is 2.22. The van der Waals surface area contributed by atoms with Crippen molar-refractivity contribution in [1.82, 2.24) is 5.32 Å². The Morgan fingerprint density at radius 2 is 2.31 bits per heavy atom. The lowest BCUT2D eigenvalue weighted by Crippen LogP contribution is -2.52. The highest BCUT2D eigenvalue weighted by atomic mass is 16.5. The predicted molar refractivity (Wildman–Crippen MR) is 52.6 cm³/mol. The molecule has 1 aliphatic heterocycles. The Bertz CT molecular complexity index is 172. The third-order valence-corrected chi connectivity index (χ3v) is 3.24. The lowest BCUT2D eigenvalue weighted by atomic mass is 9.87. The SMILES string of the molecule is CC1(CNC2CC(N)C2)CCCO1. The maximum atomic E-state index is 5.71. The van der Waals surface area contributed by atoms with E-state index < -0.39 is 0 Å². The first-order chi connectivity index (χ1) is 6.18. The average molecular weight is 184 g/mol.